The van der Waals surface area contributed by atoms with Crippen molar-refractivity contribution in [2.75, 3.05) is 6.54 Å². The van der Waals surface area contributed by atoms with Crippen LogP contribution in [0.5, 0.6) is 0 Å². The van der Waals surface area contributed by atoms with E-state index in [1.54, 1.807) is 6.20 Å². The molecule has 0 heterocycles. The van der Waals surface area contributed by atoms with Crippen LogP contribution in [-0.2, 0) is 6.54 Å². The Hall–Kier alpha value is -1.49. The highest BCUT2D eigenvalue weighted by Crippen LogP contribution is 2.13. The first-order chi connectivity index (χ1) is 7.54. The summed E-state index contributed by atoms with van der Waals surface area (Å²) in [5.74, 6) is -3.81. The fraction of sp³-hybridized carbons (Fsp3) is 0.273. The van der Waals surface area contributed by atoms with Crippen molar-refractivity contribution in [2.24, 2.45) is 5.73 Å². The van der Waals surface area contributed by atoms with Gasteiger partial charge >= 0.3 is 0 Å². The van der Waals surface area contributed by atoms with E-state index in [2.05, 4.69) is 5.32 Å². The van der Waals surface area contributed by atoms with Gasteiger partial charge < -0.3 is 11.1 Å². The van der Waals surface area contributed by atoms with Gasteiger partial charge in [0.25, 0.3) is 0 Å². The van der Waals surface area contributed by atoms with E-state index in [1.165, 1.54) is 0 Å². The first kappa shape index (κ1) is 12.6. The summed E-state index contributed by atoms with van der Waals surface area (Å²) in [6.07, 6.45) is 1.65. The number of rotatable bonds is 4. The zero-order chi connectivity index (χ0) is 12.1. The Labute approximate surface area is 92.0 Å². The number of nitrogens with two attached hydrogens (primary N) is 1. The van der Waals surface area contributed by atoms with Gasteiger partial charge in [0.1, 0.15) is 0 Å². The molecule has 3 N–H and O–H groups in total. The molecule has 5 heteroatoms. The van der Waals surface area contributed by atoms with E-state index in [-0.39, 0.29) is 6.54 Å². The van der Waals surface area contributed by atoms with Crippen molar-refractivity contribution in [3.63, 3.8) is 0 Å². The summed E-state index contributed by atoms with van der Waals surface area (Å²) in [7, 11) is 0. The molecule has 0 aliphatic carbocycles. The minimum Gasteiger partial charge on any atom is -0.387 e. The third-order valence-corrected chi connectivity index (χ3v) is 2.02. The molecule has 0 saturated heterocycles. The molecule has 0 amide bonds. The van der Waals surface area contributed by atoms with Gasteiger partial charge in [-0.1, -0.05) is 0 Å². The third-order valence-electron chi connectivity index (χ3n) is 2.02. The summed E-state index contributed by atoms with van der Waals surface area (Å²) in [6.45, 7) is 2.43. The molecule has 0 aliphatic heterocycles. The maximum atomic E-state index is 12.8. The molecule has 2 nitrogen and oxygen atoms in total. The highest BCUT2D eigenvalue weighted by atomic mass is 19.2. The molecule has 0 saturated carbocycles. The van der Waals surface area contributed by atoms with E-state index in [0.29, 0.717) is 12.1 Å². The molecule has 88 valence electrons. The molecule has 0 unspecified atom stereocenters. The predicted octanol–water partition coefficient (Wildman–Crippen LogP) is 2.06. The monoisotopic (exact) mass is 230 g/mol. The molecule has 0 fully saturated rings. The highest BCUT2D eigenvalue weighted by molar-refractivity contribution is 5.19. The highest BCUT2D eigenvalue weighted by Gasteiger charge is 2.09. The number of nitrogens with one attached hydrogen (secondary N) is 1. The van der Waals surface area contributed by atoms with Crippen molar-refractivity contribution in [3.05, 3.63) is 46.9 Å². The molecular formula is C11H13F3N2. The molecule has 0 bridgehead atoms. The van der Waals surface area contributed by atoms with Gasteiger partial charge in [-0.3, -0.25) is 0 Å². The van der Waals surface area contributed by atoms with E-state index < -0.39 is 17.5 Å². The zero-order valence-electron chi connectivity index (χ0n) is 8.86. The number of halogens is 3. The Balaban J connectivity index is 2.69. The van der Waals surface area contributed by atoms with Crippen molar-refractivity contribution in [1.29, 1.82) is 0 Å². The maximum absolute atomic E-state index is 12.8. The van der Waals surface area contributed by atoms with Crippen LogP contribution in [-0.4, -0.2) is 6.54 Å². The van der Waals surface area contributed by atoms with E-state index in [9.17, 15) is 13.2 Å². The third kappa shape index (κ3) is 3.27. The Morgan fingerprint density at radius 1 is 1.31 bits per heavy atom. The van der Waals surface area contributed by atoms with E-state index in [1.807, 2.05) is 6.92 Å². The van der Waals surface area contributed by atoms with E-state index >= 15 is 0 Å². The molecule has 1 rings (SSSR count). The minimum absolute atomic E-state index is 0.214. The molecule has 0 aliphatic rings. The van der Waals surface area contributed by atoms with Crippen LogP contribution in [0, 0.1) is 17.5 Å². The van der Waals surface area contributed by atoms with Crippen LogP contribution in [0.1, 0.15) is 12.5 Å². The van der Waals surface area contributed by atoms with Crippen LogP contribution in [0.25, 0.3) is 0 Å². The van der Waals surface area contributed by atoms with Crippen LogP contribution in [0.15, 0.2) is 23.9 Å². The number of benzene rings is 1. The van der Waals surface area contributed by atoms with Crippen LogP contribution in [0.2, 0.25) is 0 Å². The lowest BCUT2D eigenvalue weighted by Gasteiger charge is -2.04. The van der Waals surface area contributed by atoms with Gasteiger partial charge in [-0.05, 0) is 36.4 Å². The summed E-state index contributed by atoms with van der Waals surface area (Å²) in [6, 6.07) is 1.91. The van der Waals surface area contributed by atoms with Gasteiger partial charge in [0.05, 0.1) is 0 Å². The average molecular weight is 230 g/mol. The lowest BCUT2D eigenvalue weighted by molar-refractivity contribution is 0.445. The Kier molecular flexibility index (Phi) is 4.37. The molecular weight excluding hydrogens is 217 g/mol. The smallest absolute Gasteiger partial charge is 0.194 e. The summed E-state index contributed by atoms with van der Waals surface area (Å²) in [5, 5.41) is 2.83. The normalized spacial score (nSPS) is 11.7. The largest absolute Gasteiger partial charge is 0.387 e. The molecule has 0 spiro atoms. The second-order valence-corrected chi connectivity index (χ2v) is 3.45. The molecule has 0 radical (unpaired) electrons. The van der Waals surface area contributed by atoms with Gasteiger partial charge in [-0.25, -0.2) is 13.2 Å². The molecule has 0 atom stereocenters. The second kappa shape index (κ2) is 5.55. The van der Waals surface area contributed by atoms with Crippen LogP contribution >= 0.6 is 0 Å². The Morgan fingerprint density at radius 2 is 1.88 bits per heavy atom. The average Bonchev–Trinajstić information content (AvgIpc) is 2.25. The zero-order valence-corrected chi connectivity index (χ0v) is 8.86. The van der Waals surface area contributed by atoms with Crippen molar-refractivity contribution < 1.29 is 13.2 Å². The summed E-state index contributed by atoms with van der Waals surface area (Å²) in [4.78, 5) is 0. The van der Waals surface area contributed by atoms with E-state index in [4.69, 9.17) is 5.73 Å². The number of hydrogen-bond donors (Lipinski definition) is 2. The van der Waals surface area contributed by atoms with Crippen molar-refractivity contribution in [2.45, 2.75) is 13.5 Å². The Bertz CT molecular complexity index is 379. The SMILES string of the molecule is C/C(=C\NCc1cc(F)c(F)c(F)c1)CN. The molecule has 1 aromatic rings. The van der Waals surface area contributed by atoms with Gasteiger partial charge in [0.2, 0.25) is 0 Å². The fourth-order valence-corrected chi connectivity index (χ4v) is 1.11. The standard InChI is InChI=1S/C11H13F3N2/c1-7(4-15)5-16-6-8-2-9(12)11(14)10(13)3-8/h2-3,5,16H,4,6,15H2,1H3/b7-5+. The van der Waals surface area contributed by atoms with Crippen LogP contribution in [0.3, 0.4) is 0 Å². The van der Waals surface area contributed by atoms with Crippen LogP contribution in [0.4, 0.5) is 13.2 Å². The minimum atomic E-state index is -1.45. The van der Waals surface area contributed by atoms with Crippen molar-refractivity contribution in [1.82, 2.24) is 5.32 Å². The van der Waals surface area contributed by atoms with Gasteiger partial charge in [0, 0.05) is 13.1 Å². The maximum Gasteiger partial charge on any atom is 0.194 e. The number of hydrogen-bond acceptors (Lipinski definition) is 2. The first-order valence-electron chi connectivity index (χ1n) is 4.77. The second-order valence-electron chi connectivity index (χ2n) is 3.45. The quantitative estimate of drug-likeness (QED) is 0.777. The molecule has 0 aromatic heterocycles. The topological polar surface area (TPSA) is 38.0 Å². The van der Waals surface area contributed by atoms with Crippen molar-refractivity contribution >= 4 is 0 Å². The molecule has 16 heavy (non-hydrogen) atoms. The Morgan fingerprint density at radius 3 is 2.38 bits per heavy atom. The summed E-state index contributed by atoms with van der Waals surface area (Å²) >= 11 is 0. The first-order valence-corrected chi connectivity index (χ1v) is 4.77. The van der Waals surface area contributed by atoms with Gasteiger partial charge in [-0.2, -0.15) is 0 Å². The lowest BCUT2D eigenvalue weighted by Crippen LogP contribution is -2.10. The fourth-order valence-electron chi connectivity index (χ4n) is 1.11. The summed E-state index contributed by atoms with van der Waals surface area (Å²) in [5.41, 5.74) is 6.58. The van der Waals surface area contributed by atoms with Crippen LogP contribution < -0.4 is 11.1 Å². The lowest BCUT2D eigenvalue weighted by atomic mass is 10.2. The van der Waals surface area contributed by atoms with Gasteiger partial charge in [-0.15, -0.1) is 0 Å². The van der Waals surface area contributed by atoms with Gasteiger partial charge in [0.15, 0.2) is 17.5 Å². The molecule has 1 aromatic carbocycles. The predicted molar refractivity (Wildman–Crippen MR) is 56.0 cm³/mol. The van der Waals surface area contributed by atoms with E-state index in [0.717, 1.165) is 17.7 Å². The summed E-state index contributed by atoms with van der Waals surface area (Å²) < 4.78 is 38.2. The van der Waals surface area contributed by atoms with Crippen molar-refractivity contribution in [3.8, 4) is 0 Å².